The fraction of sp³-hybridized carbons (Fsp3) is 0.133. The van der Waals surface area contributed by atoms with Gasteiger partial charge in [0.1, 0.15) is 5.69 Å². The molecule has 2 heterocycles. The van der Waals surface area contributed by atoms with Crippen LogP contribution in [-0.2, 0) is 0 Å². The summed E-state index contributed by atoms with van der Waals surface area (Å²) in [6.45, 7) is 3.86. The van der Waals surface area contributed by atoms with E-state index >= 15 is 0 Å². The highest BCUT2D eigenvalue weighted by molar-refractivity contribution is 9.10. The van der Waals surface area contributed by atoms with Crippen molar-refractivity contribution in [2.45, 2.75) is 13.8 Å². The Labute approximate surface area is 130 Å². The van der Waals surface area contributed by atoms with Crippen LogP contribution in [0.3, 0.4) is 0 Å². The molecule has 6 heteroatoms. The standard InChI is InChI=1S/C15H13BrN4O/c1-9-7-11(3-4-12(9)16)18-15(21)13-8-10(2)20-14(19-13)5-6-17-20/h3-8H,1-2H3,(H,18,21). The zero-order chi connectivity index (χ0) is 15.0. The zero-order valence-electron chi connectivity index (χ0n) is 11.6. The SMILES string of the molecule is Cc1cc(NC(=O)c2cc(C)n3nccc3n2)ccc1Br. The van der Waals surface area contributed by atoms with E-state index in [2.05, 4.69) is 31.3 Å². The molecule has 1 N–H and O–H groups in total. The fourth-order valence-electron chi connectivity index (χ4n) is 2.10. The van der Waals surface area contributed by atoms with Gasteiger partial charge in [-0.2, -0.15) is 5.10 Å². The number of nitrogens with zero attached hydrogens (tertiary/aromatic N) is 3. The second-order valence-corrected chi connectivity index (χ2v) is 5.66. The number of fused-ring (bicyclic) bond motifs is 1. The first-order valence-corrected chi connectivity index (χ1v) is 7.23. The van der Waals surface area contributed by atoms with Gasteiger partial charge in [0, 0.05) is 21.9 Å². The fourth-order valence-corrected chi connectivity index (χ4v) is 2.35. The lowest BCUT2D eigenvalue weighted by atomic mass is 10.2. The Balaban J connectivity index is 1.91. The number of amides is 1. The van der Waals surface area contributed by atoms with Crippen LogP contribution >= 0.6 is 15.9 Å². The number of aryl methyl sites for hydroxylation is 2. The van der Waals surface area contributed by atoms with E-state index < -0.39 is 0 Å². The summed E-state index contributed by atoms with van der Waals surface area (Å²) in [7, 11) is 0. The van der Waals surface area contributed by atoms with E-state index in [9.17, 15) is 4.79 Å². The van der Waals surface area contributed by atoms with Crippen molar-refractivity contribution in [2.24, 2.45) is 0 Å². The molecule has 0 spiro atoms. The summed E-state index contributed by atoms with van der Waals surface area (Å²) in [6.07, 6.45) is 1.66. The highest BCUT2D eigenvalue weighted by atomic mass is 79.9. The summed E-state index contributed by atoms with van der Waals surface area (Å²) in [6, 6.07) is 9.16. The van der Waals surface area contributed by atoms with Gasteiger partial charge in [-0.25, -0.2) is 9.50 Å². The largest absolute Gasteiger partial charge is 0.321 e. The summed E-state index contributed by atoms with van der Waals surface area (Å²) >= 11 is 3.44. The maximum atomic E-state index is 12.3. The summed E-state index contributed by atoms with van der Waals surface area (Å²) in [5.74, 6) is -0.233. The Morgan fingerprint density at radius 1 is 1.24 bits per heavy atom. The van der Waals surface area contributed by atoms with Crippen LogP contribution in [0.1, 0.15) is 21.7 Å². The summed E-state index contributed by atoms with van der Waals surface area (Å²) in [5, 5.41) is 7.00. The molecule has 2 aromatic heterocycles. The lowest BCUT2D eigenvalue weighted by molar-refractivity contribution is 0.102. The Morgan fingerprint density at radius 2 is 2.05 bits per heavy atom. The number of carbonyl (C=O) groups is 1. The topological polar surface area (TPSA) is 59.3 Å². The Hall–Kier alpha value is -2.21. The molecule has 3 aromatic rings. The molecule has 1 amide bonds. The molecule has 0 radical (unpaired) electrons. The first-order valence-electron chi connectivity index (χ1n) is 6.43. The highest BCUT2D eigenvalue weighted by Gasteiger charge is 2.11. The van der Waals surface area contributed by atoms with E-state index in [0.717, 1.165) is 21.4 Å². The van der Waals surface area contributed by atoms with Gasteiger partial charge < -0.3 is 5.32 Å². The van der Waals surface area contributed by atoms with E-state index in [1.54, 1.807) is 22.8 Å². The third-order valence-corrected chi connectivity index (χ3v) is 4.08. The van der Waals surface area contributed by atoms with Crippen LogP contribution in [0.5, 0.6) is 0 Å². The van der Waals surface area contributed by atoms with Gasteiger partial charge in [-0.3, -0.25) is 4.79 Å². The van der Waals surface area contributed by atoms with Crippen LogP contribution < -0.4 is 5.32 Å². The molecule has 21 heavy (non-hydrogen) atoms. The predicted molar refractivity (Wildman–Crippen MR) is 84.6 cm³/mol. The van der Waals surface area contributed by atoms with Gasteiger partial charge in [0.2, 0.25) is 0 Å². The van der Waals surface area contributed by atoms with Crippen molar-refractivity contribution in [3.8, 4) is 0 Å². The average Bonchev–Trinajstić information content (AvgIpc) is 2.92. The van der Waals surface area contributed by atoms with Crippen LogP contribution in [0, 0.1) is 13.8 Å². The third kappa shape index (κ3) is 2.67. The van der Waals surface area contributed by atoms with Crippen molar-refractivity contribution < 1.29 is 4.79 Å². The zero-order valence-corrected chi connectivity index (χ0v) is 13.2. The van der Waals surface area contributed by atoms with Gasteiger partial charge in [-0.05, 0) is 43.7 Å². The quantitative estimate of drug-likeness (QED) is 0.775. The van der Waals surface area contributed by atoms with Crippen molar-refractivity contribution in [2.75, 3.05) is 5.32 Å². The number of benzene rings is 1. The summed E-state index contributed by atoms with van der Waals surface area (Å²) in [5.41, 5.74) is 3.70. The molecule has 0 aliphatic carbocycles. The smallest absolute Gasteiger partial charge is 0.274 e. The maximum Gasteiger partial charge on any atom is 0.274 e. The minimum Gasteiger partial charge on any atom is -0.321 e. The van der Waals surface area contributed by atoms with Gasteiger partial charge >= 0.3 is 0 Å². The Bertz CT molecular complexity index is 841. The first kappa shape index (κ1) is 13.8. The molecule has 5 nitrogen and oxygen atoms in total. The Kier molecular flexibility index (Phi) is 3.47. The van der Waals surface area contributed by atoms with Crippen molar-refractivity contribution >= 4 is 33.2 Å². The van der Waals surface area contributed by atoms with Gasteiger partial charge in [0.05, 0.1) is 6.20 Å². The third-order valence-electron chi connectivity index (χ3n) is 3.19. The molecule has 1 aromatic carbocycles. The molecule has 0 atom stereocenters. The Morgan fingerprint density at radius 3 is 2.81 bits per heavy atom. The van der Waals surface area contributed by atoms with Crippen LogP contribution in [-0.4, -0.2) is 20.5 Å². The van der Waals surface area contributed by atoms with Gasteiger partial charge in [0.15, 0.2) is 5.65 Å². The summed E-state index contributed by atoms with van der Waals surface area (Å²) in [4.78, 5) is 16.6. The number of hydrogen-bond acceptors (Lipinski definition) is 3. The van der Waals surface area contributed by atoms with Crippen molar-refractivity contribution in [3.63, 3.8) is 0 Å². The number of rotatable bonds is 2. The number of anilines is 1. The number of carbonyl (C=O) groups excluding carboxylic acids is 1. The van der Waals surface area contributed by atoms with Crippen LogP contribution in [0.15, 0.2) is 41.0 Å². The van der Waals surface area contributed by atoms with Crippen molar-refractivity contribution in [3.05, 3.63) is 58.0 Å². The second-order valence-electron chi connectivity index (χ2n) is 4.80. The van der Waals surface area contributed by atoms with E-state index in [0.29, 0.717) is 11.3 Å². The average molecular weight is 345 g/mol. The number of halogens is 1. The molecular weight excluding hydrogens is 332 g/mol. The monoisotopic (exact) mass is 344 g/mol. The van der Waals surface area contributed by atoms with Crippen molar-refractivity contribution in [1.82, 2.24) is 14.6 Å². The molecule has 106 valence electrons. The van der Waals surface area contributed by atoms with E-state index in [1.165, 1.54) is 0 Å². The highest BCUT2D eigenvalue weighted by Crippen LogP contribution is 2.20. The van der Waals surface area contributed by atoms with Crippen LogP contribution in [0.25, 0.3) is 5.65 Å². The number of nitrogens with one attached hydrogen (secondary N) is 1. The molecule has 0 saturated heterocycles. The van der Waals surface area contributed by atoms with Gasteiger partial charge in [0.25, 0.3) is 5.91 Å². The first-order chi connectivity index (χ1) is 10.0. The van der Waals surface area contributed by atoms with E-state index in [-0.39, 0.29) is 5.91 Å². The maximum absolute atomic E-state index is 12.3. The van der Waals surface area contributed by atoms with E-state index in [4.69, 9.17) is 0 Å². The molecule has 3 rings (SSSR count). The molecule has 0 saturated carbocycles. The number of hydrogen-bond donors (Lipinski definition) is 1. The molecule has 0 aliphatic heterocycles. The van der Waals surface area contributed by atoms with Crippen LogP contribution in [0.4, 0.5) is 5.69 Å². The van der Waals surface area contributed by atoms with Crippen LogP contribution in [0.2, 0.25) is 0 Å². The second kappa shape index (κ2) is 5.29. The minimum atomic E-state index is -0.233. The summed E-state index contributed by atoms with van der Waals surface area (Å²) < 4.78 is 2.70. The van der Waals surface area contributed by atoms with Gasteiger partial charge in [-0.15, -0.1) is 0 Å². The molecule has 0 bridgehead atoms. The normalized spacial score (nSPS) is 10.8. The predicted octanol–water partition coefficient (Wildman–Crippen LogP) is 3.36. The van der Waals surface area contributed by atoms with Crippen molar-refractivity contribution in [1.29, 1.82) is 0 Å². The molecule has 0 fully saturated rings. The lowest BCUT2D eigenvalue weighted by Crippen LogP contribution is -2.15. The van der Waals surface area contributed by atoms with Gasteiger partial charge in [-0.1, -0.05) is 15.9 Å². The minimum absolute atomic E-state index is 0.233. The van der Waals surface area contributed by atoms with E-state index in [1.807, 2.05) is 32.0 Å². The molecular formula is C15H13BrN4O. The lowest BCUT2D eigenvalue weighted by Gasteiger charge is -2.08. The molecule has 0 unspecified atom stereocenters. The number of aromatic nitrogens is 3. The molecule has 0 aliphatic rings.